The number of rotatable bonds is 7. The fourth-order valence-electron chi connectivity index (χ4n) is 2.10. The number of nitro benzene ring substituents is 3. The van der Waals surface area contributed by atoms with E-state index in [4.69, 9.17) is 0 Å². The topological polar surface area (TPSA) is 241 Å². The van der Waals surface area contributed by atoms with Gasteiger partial charge in [0.05, 0.1) is 36.7 Å². The largest absolute Gasteiger partial charge is 0.388 e. The summed E-state index contributed by atoms with van der Waals surface area (Å²) in [6.45, 7) is 0. The molecule has 2 rings (SSSR count). The second-order valence-electron chi connectivity index (χ2n) is 4.80. The molecule has 0 aliphatic heterocycles. The normalized spacial score (nSPS) is 10.1. The first-order valence-electron chi connectivity index (χ1n) is 6.70. The summed E-state index contributed by atoms with van der Waals surface area (Å²) in [5.41, 5.74) is -6.53. The minimum atomic E-state index is -1.21. The molecule has 17 heteroatoms. The molecule has 0 saturated carbocycles. The van der Waals surface area contributed by atoms with Crippen LogP contribution in [0.2, 0.25) is 0 Å². The number of benzene rings is 1. The van der Waals surface area contributed by atoms with Gasteiger partial charge in [-0.1, -0.05) is 0 Å². The van der Waals surface area contributed by atoms with Gasteiger partial charge in [0.2, 0.25) is 5.82 Å². The summed E-state index contributed by atoms with van der Waals surface area (Å²) in [5.74, 6) is -0.903. The van der Waals surface area contributed by atoms with Crippen LogP contribution in [0.25, 0.3) is 0 Å². The fraction of sp³-hybridized carbons (Fsp3) is 0. The number of aromatic nitrogens is 1. The number of anilines is 2. The smallest absolute Gasteiger partial charge is 0.323 e. The molecule has 0 aliphatic carbocycles. The average Bonchev–Trinajstić information content (AvgIpc) is 2.60. The summed E-state index contributed by atoms with van der Waals surface area (Å²) in [7, 11) is 0. The molecule has 1 heterocycles. The fourth-order valence-corrected chi connectivity index (χ4v) is 2.10. The van der Waals surface area contributed by atoms with E-state index in [1.807, 2.05) is 5.32 Å². The van der Waals surface area contributed by atoms with Crippen LogP contribution >= 0.6 is 0 Å². The first kappa shape index (κ1) is 19.5. The van der Waals surface area contributed by atoms with Crippen molar-refractivity contribution in [2.45, 2.75) is 0 Å². The van der Waals surface area contributed by atoms with E-state index in [0.29, 0.717) is 18.2 Å². The standard InChI is InChI=1S/C11H5N7O10/c19-14(20)5-3-7(16(23)24)9(8(4-5)17(25)26)13-11-10(18(27)28)6(15(21)22)1-2-12-11/h1-4H,(H,12,13). The van der Waals surface area contributed by atoms with E-state index < -0.39 is 64.6 Å². The highest BCUT2D eigenvalue weighted by atomic mass is 16.6. The zero-order chi connectivity index (χ0) is 21.2. The number of nitrogens with zero attached hydrogens (tertiary/aromatic N) is 6. The van der Waals surface area contributed by atoms with Gasteiger partial charge in [-0.05, 0) is 0 Å². The van der Waals surface area contributed by atoms with E-state index in [-0.39, 0.29) is 0 Å². The Labute approximate surface area is 151 Å². The predicted octanol–water partition coefficient (Wildman–Crippen LogP) is 2.37. The summed E-state index contributed by atoms with van der Waals surface area (Å²) < 4.78 is 0. The van der Waals surface area contributed by atoms with Crippen molar-refractivity contribution in [3.63, 3.8) is 0 Å². The van der Waals surface area contributed by atoms with Crippen molar-refractivity contribution in [1.29, 1.82) is 0 Å². The van der Waals surface area contributed by atoms with E-state index in [1.165, 1.54) is 0 Å². The predicted molar refractivity (Wildman–Crippen MR) is 87.2 cm³/mol. The first-order chi connectivity index (χ1) is 13.0. The van der Waals surface area contributed by atoms with Crippen LogP contribution in [-0.2, 0) is 0 Å². The molecule has 1 N–H and O–H groups in total. The zero-order valence-corrected chi connectivity index (χ0v) is 13.1. The van der Waals surface area contributed by atoms with Crippen LogP contribution in [0.15, 0.2) is 24.4 Å². The second-order valence-corrected chi connectivity index (χ2v) is 4.80. The number of hydrogen-bond acceptors (Lipinski definition) is 12. The Kier molecular flexibility index (Phi) is 5.01. The molecule has 0 atom stereocenters. The highest BCUT2D eigenvalue weighted by molar-refractivity contribution is 5.83. The maximum Gasteiger partial charge on any atom is 0.388 e. The number of pyridine rings is 1. The van der Waals surface area contributed by atoms with Gasteiger partial charge in [0.1, 0.15) is 0 Å². The van der Waals surface area contributed by atoms with Crippen molar-refractivity contribution >= 4 is 39.9 Å². The molecule has 1 aromatic carbocycles. The second kappa shape index (κ2) is 7.19. The number of nitrogens with one attached hydrogen (secondary N) is 1. The van der Waals surface area contributed by atoms with E-state index in [0.717, 1.165) is 6.20 Å². The van der Waals surface area contributed by atoms with Crippen LogP contribution in [0, 0.1) is 50.6 Å². The highest BCUT2D eigenvalue weighted by Crippen LogP contribution is 2.42. The van der Waals surface area contributed by atoms with Crippen molar-refractivity contribution in [2.24, 2.45) is 0 Å². The summed E-state index contributed by atoms with van der Waals surface area (Å²) in [4.78, 5) is 53.0. The number of nitro groups is 5. The van der Waals surface area contributed by atoms with Gasteiger partial charge >= 0.3 is 22.7 Å². The van der Waals surface area contributed by atoms with Crippen LogP contribution in [0.3, 0.4) is 0 Å². The van der Waals surface area contributed by atoms with Crippen molar-refractivity contribution in [1.82, 2.24) is 4.98 Å². The lowest BCUT2D eigenvalue weighted by atomic mass is 10.2. The van der Waals surface area contributed by atoms with Crippen LogP contribution < -0.4 is 5.32 Å². The Morgan fingerprint density at radius 2 is 1.21 bits per heavy atom. The third-order valence-electron chi connectivity index (χ3n) is 3.21. The van der Waals surface area contributed by atoms with Gasteiger partial charge in [0, 0.05) is 12.3 Å². The minimum absolute atomic E-state index is 0.387. The van der Waals surface area contributed by atoms with E-state index >= 15 is 0 Å². The molecular formula is C11H5N7O10. The quantitative estimate of drug-likeness (QED) is 0.524. The van der Waals surface area contributed by atoms with Crippen molar-refractivity contribution in [3.8, 4) is 0 Å². The molecule has 17 nitrogen and oxygen atoms in total. The SMILES string of the molecule is O=[N+]([O-])c1cc([N+](=O)[O-])c(Nc2nccc([N+](=O)[O-])c2[N+](=O)[O-])c([N+](=O)[O-])c1. The van der Waals surface area contributed by atoms with E-state index in [9.17, 15) is 50.6 Å². The molecule has 28 heavy (non-hydrogen) atoms. The molecular weight excluding hydrogens is 390 g/mol. The molecule has 0 aliphatic rings. The number of non-ortho nitro benzene ring substituents is 1. The van der Waals surface area contributed by atoms with Crippen LogP contribution in [-0.4, -0.2) is 29.6 Å². The van der Waals surface area contributed by atoms with Gasteiger partial charge < -0.3 is 5.32 Å². The van der Waals surface area contributed by atoms with E-state index in [2.05, 4.69) is 4.98 Å². The van der Waals surface area contributed by atoms with Crippen LogP contribution in [0.1, 0.15) is 0 Å². The molecule has 0 bridgehead atoms. The summed E-state index contributed by atoms with van der Waals surface area (Å²) in [5, 5.41) is 57.4. The summed E-state index contributed by atoms with van der Waals surface area (Å²) in [6, 6.07) is 1.46. The molecule has 1 aromatic heterocycles. The number of hydrogen-bond donors (Lipinski definition) is 1. The molecule has 0 amide bonds. The molecule has 0 saturated heterocycles. The van der Waals surface area contributed by atoms with Gasteiger partial charge in [0.25, 0.3) is 5.69 Å². The monoisotopic (exact) mass is 395 g/mol. The van der Waals surface area contributed by atoms with Gasteiger partial charge in [-0.3, -0.25) is 50.6 Å². The molecule has 0 spiro atoms. The maximum absolute atomic E-state index is 11.2. The van der Waals surface area contributed by atoms with Gasteiger partial charge in [-0.2, -0.15) is 0 Å². The average molecular weight is 395 g/mol. The lowest BCUT2D eigenvalue weighted by Gasteiger charge is -2.07. The molecule has 0 radical (unpaired) electrons. The van der Waals surface area contributed by atoms with Crippen molar-refractivity contribution in [2.75, 3.05) is 5.32 Å². The van der Waals surface area contributed by atoms with Crippen LogP contribution in [0.5, 0.6) is 0 Å². The molecule has 2 aromatic rings. The Morgan fingerprint density at radius 1 is 0.714 bits per heavy atom. The van der Waals surface area contributed by atoms with Gasteiger partial charge in [-0.15, -0.1) is 0 Å². The Balaban J connectivity index is 2.80. The Hall–Kier alpha value is -4.83. The summed E-state index contributed by atoms with van der Waals surface area (Å²) in [6.07, 6.45) is 0.760. The first-order valence-corrected chi connectivity index (χ1v) is 6.70. The minimum Gasteiger partial charge on any atom is -0.323 e. The third kappa shape index (κ3) is 3.56. The van der Waals surface area contributed by atoms with Crippen molar-refractivity contribution < 1.29 is 24.6 Å². The highest BCUT2D eigenvalue weighted by Gasteiger charge is 2.35. The van der Waals surface area contributed by atoms with Crippen molar-refractivity contribution in [3.05, 3.63) is 75.0 Å². The lowest BCUT2D eigenvalue weighted by molar-refractivity contribution is -0.422. The Bertz CT molecular complexity index is 1020. The van der Waals surface area contributed by atoms with Gasteiger partial charge in [-0.25, -0.2) is 4.98 Å². The lowest BCUT2D eigenvalue weighted by Crippen LogP contribution is -2.07. The van der Waals surface area contributed by atoms with Crippen LogP contribution in [0.4, 0.5) is 39.9 Å². The van der Waals surface area contributed by atoms with E-state index in [1.54, 1.807) is 0 Å². The third-order valence-corrected chi connectivity index (χ3v) is 3.21. The molecule has 144 valence electrons. The molecule has 0 fully saturated rings. The zero-order valence-electron chi connectivity index (χ0n) is 13.1. The Morgan fingerprint density at radius 3 is 1.61 bits per heavy atom. The van der Waals surface area contributed by atoms with Gasteiger partial charge in [0.15, 0.2) is 5.69 Å². The summed E-state index contributed by atoms with van der Waals surface area (Å²) >= 11 is 0. The molecule has 0 unspecified atom stereocenters. The maximum atomic E-state index is 11.2.